The van der Waals surface area contributed by atoms with E-state index in [1.165, 1.54) is 0 Å². The largest absolute Gasteiger partial charge is 0.426 e. The number of nitrogens with zero attached hydrogens (tertiary/aromatic N) is 6. The van der Waals surface area contributed by atoms with Gasteiger partial charge in [-0.2, -0.15) is 0 Å². The molecule has 8 heteroatoms. The van der Waals surface area contributed by atoms with E-state index < -0.39 is 0 Å². The second-order valence-corrected chi connectivity index (χ2v) is 5.78. The average Bonchev–Trinajstić information content (AvgIpc) is 3.21. The van der Waals surface area contributed by atoms with E-state index in [9.17, 15) is 0 Å². The van der Waals surface area contributed by atoms with Gasteiger partial charge in [-0.25, -0.2) is 4.98 Å². The Morgan fingerprint density at radius 3 is 3.14 bits per heavy atom. The molecule has 8 nitrogen and oxygen atoms in total. The molecule has 1 N–H and O–H groups in total. The van der Waals surface area contributed by atoms with Gasteiger partial charge in [0.15, 0.2) is 5.82 Å². The Bertz CT molecular complexity index is 780. The second kappa shape index (κ2) is 5.36. The van der Waals surface area contributed by atoms with Gasteiger partial charge in [0.2, 0.25) is 17.4 Å². The molecule has 0 spiro atoms. The van der Waals surface area contributed by atoms with E-state index in [-0.39, 0.29) is 0 Å². The van der Waals surface area contributed by atoms with Crippen molar-refractivity contribution in [2.75, 3.05) is 5.32 Å². The number of aromatic nitrogens is 6. The average molecular weight is 299 g/mol. The maximum Gasteiger partial charge on any atom is 0.216 e. The third kappa shape index (κ3) is 2.51. The molecule has 1 aliphatic rings. The molecule has 1 aliphatic carbocycles. The summed E-state index contributed by atoms with van der Waals surface area (Å²) < 4.78 is 7.33. The summed E-state index contributed by atoms with van der Waals surface area (Å²) in [6, 6.07) is 0.393. The van der Waals surface area contributed by atoms with Gasteiger partial charge in [-0.15, -0.1) is 20.4 Å². The van der Waals surface area contributed by atoms with Crippen molar-refractivity contribution in [1.29, 1.82) is 0 Å². The lowest BCUT2D eigenvalue weighted by Gasteiger charge is -2.13. The van der Waals surface area contributed by atoms with Gasteiger partial charge in [0.1, 0.15) is 6.33 Å². The number of hydrogen-bond donors (Lipinski definition) is 1. The number of rotatable bonds is 4. The summed E-state index contributed by atoms with van der Waals surface area (Å²) in [4.78, 5) is 4.38. The summed E-state index contributed by atoms with van der Waals surface area (Å²) in [7, 11) is 0. The molecule has 1 saturated carbocycles. The van der Waals surface area contributed by atoms with Crippen molar-refractivity contribution in [3.8, 4) is 0 Å². The van der Waals surface area contributed by atoms with Gasteiger partial charge in [-0.3, -0.25) is 4.40 Å². The van der Waals surface area contributed by atoms with Crippen LogP contribution in [0.1, 0.15) is 31.0 Å². The molecule has 22 heavy (non-hydrogen) atoms. The lowest BCUT2D eigenvalue weighted by molar-refractivity contribution is 0.416. The first-order valence-corrected chi connectivity index (χ1v) is 7.48. The first-order chi connectivity index (χ1) is 10.8. The Hall–Kier alpha value is -2.51. The van der Waals surface area contributed by atoms with Gasteiger partial charge in [0.05, 0.1) is 0 Å². The van der Waals surface area contributed by atoms with Crippen molar-refractivity contribution >= 4 is 11.5 Å². The maximum atomic E-state index is 5.47. The summed E-state index contributed by atoms with van der Waals surface area (Å²) in [6.45, 7) is 1.82. The molecular weight excluding hydrogens is 282 g/mol. The first-order valence-electron chi connectivity index (χ1n) is 7.48. The minimum absolute atomic E-state index is 0.393. The lowest BCUT2D eigenvalue weighted by atomic mass is 10.0. The fourth-order valence-corrected chi connectivity index (χ4v) is 3.11. The Morgan fingerprint density at radius 2 is 2.27 bits per heavy atom. The van der Waals surface area contributed by atoms with Crippen LogP contribution in [0.2, 0.25) is 0 Å². The summed E-state index contributed by atoms with van der Waals surface area (Å²) in [5, 5.41) is 19.5. The molecule has 0 unspecified atom stereocenters. The summed E-state index contributed by atoms with van der Waals surface area (Å²) in [6.07, 6.45) is 9.45. The molecule has 0 saturated heterocycles. The fraction of sp³-hybridized carbons (Fsp3) is 0.500. The van der Waals surface area contributed by atoms with Crippen LogP contribution >= 0.6 is 0 Å². The van der Waals surface area contributed by atoms with Gasteiger partial charge < -0.3 is 9.73 Å². The summed E-state index contributed by atoms with van der Waals surface area (Å²) in [5.41, 5.74) is 0.762. The standard InChI is InChI=1S/C14H17N7O/c1-9-18-19-12(22-9)7-10-2-3-11(6-10)17-13-14-20-16-8-21(14)5-4-15-13/h4-5,8,10-11H,2-3,6-7H2,1H3,(H,15,17)/t10-,11+/m1/s1. The van der Waals surface area contributed by atoms with Crippen LogP contribution in [0.25, 0.3) is 5.65 Å². The van der Waals surface area contributed by atoms with Crippen LogP contribution in [-0.4, -0.2) is 35.8 Å². The van der Waals surface area contributed by atoms with Crippen LogP contribution in [0, 0.1) is 12.8 Å². The molecule has 4 rings (SSSR count). The first kappa shape index (κ1) is 13.2. The predicted molar refractivity (Wildman–Crippen MR) is 78.3 cm³/mol. The van der Waals surface area contributed by atoms with Gasteiger partial charge >= 0.3 is 0 Å². The van der Waals surface area contributed by atoms with E-state index in [1.54, 1.807) is 12.5 Å². The molecule has 3 heterocycles. The van der Waals surface area contributed by atoms with Gasteiger partial charge in [-0.05, 0) is 25.2 Å². The zero-order valence-corrected chi connectivity index (χ0v) is 12.3. The number of aryl methyl sites for hydroxylation is 1. The van der Waals surface area contributed by atoms with Crippen molar-refractivity contribution in [2.24, 2.45) is 5.92 Å². The topological polar surface area (TPSA) is 94.0 Å². The minimum Gasteiger partial charge on any atom is -0.426 e. The number of fused-ring (bicyclic) bond motifs is 1. The lowest BCUT2D eigenvalue weighted by Crippen LogP contribution is -2.17. The number of hydrogen-bond acceptors (Lipinski definition) is 7. The van der Waals surface area contributed by atoms with Crippen molar-refractivity contribution in [2.45, 2.75) is 38.6 Å². The number of anilines is 1. The molecule has 0 bridgehead atoms. The Labute approximate surface area is 127 Å². The van der Waals surface area contributed by atoms with E-state index in [0.717, 1.165) is 43.0 Å². The quantitative estimate of drug-likeness (QED) is 0.782. The molecule has 114 valence electrons. The van der Waals surface area contributed by atoms with Crippen LogP contribution in [0.4, 0.5) is 5.82 Å². The van der Waals surface area contributed by atoms with Crippen LogP contribution in [0.3, 0.4) is 0 Å². The monoisotopic (exact) mass is 299 g/mol. The smallest absolute Gasteiger partial charge is 0.216 e. The van der Waals surface area contributed by atoms with Gasteiger partial charge in [0.25, 0.3) is 0 Å². The van der Waals surface area contributed by atoms with Crippen LogP contribution in [0.15, 0.2) is 23.1 Å². The predicted octanol–water partition coefficient (Wildman–Crippen LogP) is 1.64. The zero-order valence-electron chi connectivity index (χ0n) is 12.3. The highest BCUT2D eigenvalue weighted by molar-refractivity contribution is 5.61. The number of nitrogens with one attached hydrogen (secondary N) is 1. The highest BCUT2D eigenvalue weighted by Gasteiger charge is 2.27. The molecule has 3 aromatic heterocycles. The highest BCUT2D eigenvalue weighted by Crippen LogP contribution is 2.30. The fourth-order valence-electron chi connectivity index (χ4n) is 3.11. The van der Waals surface area contributed by atoms with Crippen molar-refractivity contribution in [3.05, 3.63) is 30.5 Å². The van der Waals surface area contributed by atoms with E-state index in [4.69, 9.17) is 4.42 Å². The molecule has 0 radical (unpaired) electrons. The Kier molecular flexibility index (Phi) is 3.21. The highest BCUT2D eigenvalue weighted by atomic mass is 16.4. The molecule has 3 aromatic rings. The molecule has 1 fully saturated rings. The van der Waals surface area contributed by atoms with Gasteiger partial charge in [-0.1, -0.05) is 0 Å². The van der Waals surface area contributed by atoms with Crippen molar-refractivity contribution in [3.63, 3.8) is 0 Å². The summed E-state index contributed by atoms with van der Waals surface area (Å²) >= 11 is 0. The molecule has 2 atom stereocenters. The molecule has 0 aromatic carbocycles. The van der Waals surface area contributed by atoms with Gasteiger partial charge in [0, 0.05) is 31.8 Å². The van der Waals surface area contributed by atoms with Crippen LogP contribution < -0.4 is 5.32 Å². The van der Waals surface area contributed by atoms with E-state index >= 15 is 0 Å². The normalized spacial score (nSPS) is 21.5. The third-order valence-electron chi connectivity index (χ3n) is 4.13. The van der Waals surface area contributed by atoms with Crippen molar-refractivity contribution < 1.29 is 4.42 Å². The van der Waals surface area contributed by atoms with Crippen LogP contribution in [0.5, 0.6) is 0 Å². The second-order valence-electron chi connectivity index (χ2n) is 5.78. The van der Waals surface area contributed by atoms with Crippen molar-refractivity contribution in [1.82, 2.24) is 29.8 Å². The maximum absolute atomic E-state index is 5.47. The Morgan fingerprint density at radius 1 is 1.32 bits per heavy atom. The zero-order chi connectivity index (χ0) is 14.9. The Balaban J connectivity index is 1.41. The van der Waals surface area contributed by atoms with Crippen LogP contribution in [-0.2, 0) is 6.42 Å². The SMILES string of the molecule is Cc1nnc(C[C@@H]2CC[C@H](Nc3nccn4cnnc34)C2)o1. The molecule has 0 aliphatic heterocycles. The molecular formula is C14H17N7O. The summed E-state index contributed by atoms with van der Waals surface area (Å²) in [5.74, 6) is 2.72. The third-order valence-corrected chi connectivity index (χ3v) is 4.13. The minimum atomic E-state index is 0.393. The van der Waals surface area contributed by atoms with E-state index in [0.29, 0.717) is 17.9 Å². The van der Waals surface area contributed by atoms with E-state index in [2.05, 4.69) is 30.7 Å². The molecule has 0 amide bonds. The van der Waals surface area contributed by atoms with E-state index in [1.807, 2.05) is 17.5 Å².